The van der Waals surface area contributed by atoms with E-state index >= 15 is 0 Å². The Labute approximate surface area is 105 Å². The highest BCUT2D eigenvalue weighted by molar-refractivity contribution is 6.00. The van der Waals surface area contributed by atoms with E-state index in [0.717, 1.165) is 18.5 Å². The fourth-order valence-electron chi connectivity index (χ4n) is 2.23. The highest BCUT2D eigenvalue weighted by Crippen LogP contribution is 2.26. The maximum atomic E-state index is 11.9. The van der Waals surface area contributed by atoms with E-state index in [-0.39, 0.29) is 17.7 Å². The van der Waals surface area contributed by atoms with Crippen LogP contribution in [0.3, 0.4) is 0 Å². The largest absolute Gasteiger partial charge is 0.353 e. The summed E-state index contributed by atoms with van der Waals surface area (Å²) in [6, 6.07) is 0.347. The van der Waals surface area contributed by atoms with E-state index in [0.29, 0.717) is 19.0 Å². The number of aryl methyl sites for hydroxylation is 1. The van der Waals surface area contributed by atoms with Crippen LogP contribution in [0, 0.1) is 5.92 Å². The minimum atomic E-state index is -0.224. The second kappa shape index (κ2) is 4.12. The van der Waals surface area contributed by atoms with E-state index < -0.39 is 0 Å². The Morgan fingerprint density at radius 1 is 1.50 bits per heavy atom. The third-order valence-corrected chi connectivity index (χ3v) is 3.42. The summed E-state index contributed by atoms with van der Waals surface area (Å²) in [5.41, 5.74) is 0.768. The molecule has 18 heavy (non-hydrogen) atoms. The summed E-state index contributed by atoms with van der Waals surface area (Å²) in [6.45, 7) is 0.461. The SMILES string of the molecule is Cn1cc(N2C[C@@H](C(=O)NC3CC3)CC2=O)cn1. The maximum Gasteiger partial charge on any atom is 0.227 e. The van der Waals surface area contributed by atoms with E-state index in [1.807, 2.05) is 0 Å². The van der Waals surface area contributed by atoms with Crippen molar-refractivity contribution in [3.63, 3.8) is 0 Å². The van der Waals surface area contributed by atoms with Crippen LogP contribution in [-0.2, 0) is 16.6 Å². The number of hydrogen-bond acceptors (Lipinski definition) is 3. The molecule has 2 amide bonds. The van der Waals surface area contributed by atoms with Gasteiger partial charge < -0.3 is 10.2 Å². The number of nitrogens with one attached hydrogen (secondary N) is 1. The number of hydrogen-bond donors (Lipinski definition) is 1. The molecule has 1 saturated heterocycles. The van der Waals surface area contributed by atoms with Gasteiger partial charge in [-0.25, -0.2) is 0 Å². The van der Waals surface area contributed by atoms with Gasteiger partial charge in [-0.05, 0) is 12.8 Å². The smallest absolute Gasteiger partial charge is 0.227 e. The van der Waals surface area contributed by atoms with Gasteiger partial charge in [0.2, 0.25) is 11.8 Å². The van der Waals surface area contributed by atoms with E-state index in [1.54, 1.807) is 29.0 Å². The van der Waals surface area contributed by atoms with Crippen LogP contribution < -0.4 is 10.2 Å². The normalized spacial score (nSPS) is 23.5. The van der Waals surface area contributed by atoms with Crippen LogP contribution in [0.5, 0.6) is 0 Å². The van der Waals surface area contributed by atoms with Gasteiger partial charge in [0.05, 0.1) is 17.8 Å². The lowest BCUT2D eigenvalue weighted by molar-refractivity contribution is -0.126. The molecule has 1 aromatic heterocycles. The summed E-state index contributed by atoms with van der Waals surface area (Å²) in [7, 11) is 1.81. The van der Waals surface area contributed by atoms with Crippen molar-refractivity contribution >= 4 is 17.5 Å². The van der Waals surface area contributed by atoms with Gasteiger partial charge in [-0.1, -0.05) is 0 Å². The monoisotopic (exact) mass is 248 g/mol. The van der Waals surface area contributed by atoms with Gasteiger partial charge in [0.15, 0.2) is 0 Å². The summed E-state index contributed by atoms with van der Waals surface area (Å²) < 4.78 is 1.65. The molecule has 6 heteroatoms. The van der Waals surface area contributed by atoms with Crippen molar-refractivity contribution in [2.75, 3.05) is 11.4 Å². The third-order valence-electron chi connectivity index (χ3n) is 3.42. The zero-order valence-electron chi connectivity index (χ0n) is 10.3. The average Bonchev–Trinajstić information content (AvgIpc) is 2.89. The number of nitrogens with zero attached hydrogens (tertiary/aromatic N) is 3. The molecule has 2 heterocycles. The highest BCUT2D eigenvalue weighted by atomic mass is 16.2. The molecule has 2 fully saturated rings. The zero-order valence-corrected chi connectivity index (χ0v) is 10.3. The van der Waals surface area contributed by atoms with Crippen LogP contribution in [-0.4, -0.2) is 34.2 Å². The quantitative estimate of drug-likeness (QED) is 0.822. The van der Waals surface area contributed by atoms with Crippen molar-refractivity contribution in [1.82, 2.24) is 15.1 Å². The molecule has 1 atom stereocenters. The number of aromatic nitrogens is 2. The molecule has 1 aliphatic carbocycles. The van der Waals surface area contributed by atoms with Crippen molar-refractivity contribution in [2.24, 2.45) is 13.0 Å². The number of rotatable bonds is 3. The van der Waals surface area contributed by atoms with Gasteiger partial charge in [-0.15, -0.1) is 0 Å². The van der Waals surface area contributed by atoms with Crippen LogP contribution in [0.4, 0.5) is 5.69 Å². The third kappa shape index (κ3) is 2.10. The van der Waals surface area contributed by atoms with E-state index in [2.05, 4.69) is 10.4 Å². The van der Waals surface area contributed by atoms with Crippen LogP contribution >= 0.6 is 0 Å². The van der Waals surface area contributed by atoms with E-state index in [9.17, 15) is 9.59 Å². The number of carbonyl (C=O) groups is 2. The second-order valence-electron chi connectivity index (χ2n) is 5.06. The topological polar surface area (TPSA) is 67.2 Å². The van der Waals surface area contributed by atoms with Crippen molar-refractivity contribution in [2.45, 2.75) is 25.3 Å². The van der Waals surface area contributed by atoms with Gasteiger partial charge in [0, 0.05) is 32.3 Å². The Balaban J connectivity index is 1.67. The van der Waals surface area contributed by atoms with Crippen LogP contribution in [0.15, 0.2) is 12.4 Å². The van der Waals surface area contributed by atoms with E-state index in [4.69, 9.17) is 0 Å². The Morgan fingerprint density at radius 3 is 2.89 bits per heavy atom. The molecular formula is C12H16N4O2. The second-order valence-corrected chi connectivity index (χ2v) is 5.06. The van der Waals surface area contributed by atoms with Crippen LogP contribution in [0.1, 0.15) is 19.3 Å². The molecule has 2 aliphatic rings. The predicted octanol–water partition coefficient (Wildman–Crippen LogP) is 0.0516. The first kappa shape index (κ1) is 11.3. The minimum Gasteiger partial charge on any atom is -0.353 e. The lowest BCUT2D eigenvalue weighted by Gasteiger charge is -2.14. The number of amides is 2. The summed E-state index contributed by atoms with van der Waals surface area (Å²) in [4.78, 5) is 25.5. The molecule has 1 aromatic rings. The van der Waals surface area contributed by atoms with Gasteiger partial charge >= 0.3 is 0 Å². The summed E-state index contributed by atoms with van der Waals surface area (Å²) in [5, 5.41) is 7.00. The summed E-state index contributed by atoms with van der Waals surface area (Å²) >= 11 is 0. The zero-order chi connectivity index (χ0) is 12.7. The fraction of sp³-hybridized carbons (Fsp3) is 0.583. The lowest BCUT2D eigenvalue weighted by Crippen LogP contribution is -2.34. The van der Waals surface area contributed by atoms with Gasteiger partial charge in [-0.3, -0.25) is 14.3 Å². The Hall–Kier alpha value is -1.85. The first-order chi connectivity index (χ1) is 8.63. The lowest BCUT2D eigenvalue weighted by atomic mass is 10.1. The molecule has 0 aromatic carbocycles. The minimum absolute atomic E-state index is 0.000975. The Morgan fingerprint density at radius 2 is 2.28 bits per heavy atom. The predicted molar refractivity (Wildman–Crippen MR) is 64.8 cm³/mol. The Kier molecular flexibility index (Phi) is 2.57. The number of anilines is 1. The molecule has 1 N–H and O–H groups in total. The summed E-state index contributed by atoms with van der Waals surface area (Å²) in [5.74, 6) is -0.213. The van der Waals surface area contributed by atoms with Crippen LogP contribution in [0.2, 0.25) is 0 Å². The molecule has 0 radical (unpaired) electrons. The molecule has 0 unspecified atom stereocenters. The maximum absolute atomic E-state index is 11.9. The van der Waals surface area contributed by atoms with Crippen molar-refractivity contribution in [3.05, 3.63) is 12.4 Å². The first-order valence-corrected chi connectivity index (χ1v) is 6.23. The summed E-state index contributed by atoms with van der Waals surface area (Å²) in [6.07, 6.45) is 5.88. The van der Waals surface area contributed by atoms with Crippen molar-refractivity contribution < 1.29 is 9.59 Å². The molecule has 0 spiro atoms. The first-order valence-electron chi connectivity index (χ1n) is 6.23. The molecular weight excluding hydrogens is 232 g/mol. The number of carbonyl (C=O) groups excluding carboxylic acids is 2. The highest BCUT2D eigenvalue weighted by Gasteiger charge is 2.37. The van der Waals surface area contributed by atoms with Gasteiger partial charge in [0.1, 0.15) is 0 Å². The molecule has 0 bridgehead atoms. The van der Waals surface area contributed by atoms with Crippen molar-refractivity contribution in [1.29, 1.82) is 0 Å². The van der Waals surface area contributed by atoms with Gasteiger partial charge in [0.25, 0.3) is 0 Å². The molecule has 3 rings (SSSR count). The average molecular weight is 248 g/mol. The standard InChI is InChI=1S/C12H16N4O2/c1-15-7-10(5-13-15)16-6-8(4-11(16)17)12(18)14-9-2-3-9/h5,7-9H,2-4,6H2,1H3,(H,14,18)/t8-/m0/s1. The van der Waals surface area contributed by atoms with Gasteiger partial charge in [-0.2, -0.15) is 5.10 Å². The van der Waals surface area contributed by atoms with Crippen molar-refractivity contribution in [3.8, 4) is 0 Å². The van der Waals surface area contributed by atoms with Crippen LogP contribution in [0.25, 0.3) is 0 Å². The molecule has 6 nitrogen and oxygen atoms in total. The fourth-order valence-corrected chi connectivity index (χ4v) is 2.23. The Bertz CT molecular complexity index is 492. The molecule has 96 valence electrons. The van der Waals surface area contributed by atoms with E-state index in [1.165, 1.54) is 0 Å². The molecule has 1 saturated carbocycles. The molecule has 1 aliphatic heterocycles.